The van der Waals surface area contributed by atoms with Gasteiger partial charge in [0, 0.05) is 37.9 Å². The minimum Gasteiger partial charge on any atom is -0.381 e. The third-order valence-corrected chi connectivity index (χ3v) is 3.88. The third-order valence-electron chi connectivity index (χ3n) is 3.88. The smallest absolute Gasteiger partial charge is 0.0547 e. The quantitative estimate of drug-likeness (QED) is 0.737. The van der Waals surface area contributed by atoms with Crippen molar-refractivity contribution in [3.63, 3.8) is 0 Å². The van der Waals surface area contributed by atoms with Crippen molar-refractivity contribution < 1.29 is 4.74 Å². The molecule has 1 aromatic rings. The highest BCUT2D eigenvalue weighted by atomic mass is 16.5. The van der Waals surface area contributed by atoms with Crippen molar-refractivity contribution in [1.82, 2.24) is 15.2 Å². The zero-order valence-corrected chi connectivity index (χ0v) is 12.8. The number of ether oxygens (including phenoxy) is 1. The summed E-state index contributed by atoms with van der Waals surface area (Å²) in [6, 6.07) is 6.10. The van der Waals surface area contributed by atoms with Gasteiger partial charge in [-0.15, -0.1) is 0 Å². The summed E-state index contributed by atoms with van der Waals surface area (Å²) in [7, 11) is 2.18. The summed E-state index contributed by atoms with van der Waals surface area (Å²) in [4.78, 5) is 6.77. The topological polar surface area (TPSA) is 37.4 Å². The van der Waals surface area contributed by atoms with E-state index in [1.807, 2.05) is 18.3 Å². The summed E-state index contributed by atoms with van der Waals surface area (Å²) in [5.74, 6) is 0. The Bertz CT molecular complexity index is 377. The molecule has 112 valence electrons. The maximum atomic E-state index is 5.66. The number of rotatable bonds is 8. The zero-order chi connectivity index (χ0) is 14.3. The van der Waals surface area contributed by atoms with E-state index in [1.165, 1.54) is 6.42 Å². The molecule has 2 rings (SSSR count). The Labute approximate surface area is 122 Å². The van der Waals surface area contributed by atoms with Crippen molar-refractivity contribution in [2.24, 2.45) is 5.41 Å². The van der Waals surface area contributed by atoms with Gasteiger partial charge in [0.25, 0.3) is 0 Å². The molecule has 0 bridgehead atoms. The van der Waals surface area contributed by atoms with Crippen LogP contribution >= 0.6 is 0 Å². The van der Waals surface area contributed by atoms with Gasteiger partial charge in [-0.1, -0.05) is 13.0 Å². The third kappa shape index (κ3) is 4.54. The summed E-state index contributed by atoms with van der Waals surface area (Å²) in [5, 5.41) is 3.56. The summed E-state index contributed by atoms with van der Waals surface area (Å²) in [6.45, 7) is 8.06. The highest BCUT2D eigenvalue weighted by molar-refractivity contribution is 5.03. The van der Waals surface area contributed by atoms with E-state index in [0.717, 1.165) is 51.5 Å². The Morgan fingerprint density at radius 1 is 1.45 bits per heavy atom. The Morgan fingerprint density at radius 3 is 3.00 bits per heavy atom. The molecule has 4 heteroatoms. The van der Waals surface area contributed by atoms with Crippen LogP contribution in [0.2, 0.25) is 0 Å². The lowest BCUT2D eigenvalue weighted by Crippen LogP contribution is -2.43. The highest BCUT2D eigenvalue weighted by Crippen LogP contribution is 2.29. The lowest BCUT2D eigenvalue weighted by molar-refractivity contribution is 0.116. The molecule has 0 aliphatic carbocycles. The summed E-state index contributed by atoms with van der Waals surface area (Å²) in [5.41, 5.74) is 1.39. The molecule has 0 spiro atoms. The minimum atomic E-state index is 0.263. The number of aromatic nitrogens is 1. The van der Waals surface area contributed by atoms with Crippen LogP contribution in [0.15, 0.2) is 24.4 Å². The second-order valence-corrected chi connectivity index (χ2v) is 5.97. The molecule has 0 amide bonds. The van der Waals surface area contributed by atoms with Crippen molar-refractivity contribution in [1.29, 1.82) is 0 Å². The van der Waals surface area contributed by atoms with Crippen LogP contribution in [0.1, 0.15) is 25.5 Å². The van der Waals surface area contributed by atoms with Gasteiger partial charge in [0.1, 0.15) is 0 Å². The molecule has 1 aliphatic rings. The monoisotopic (exact) mass is 277 g/mol. The SMILES string of the molecule is CCCNCC1(CN(C)Cc2ccccn2)CCOC1. The van der Waals surface area contributed by atoms with Crippen molar-refractivity contribution in [2.45, 2.75) is 26.3 Å². The van der Waals surface area contributed by atoms with Crippen molar-refractivity contribution in [3.8, 4) is 0 Å². The Hall–Kier alpha value is -0.970. The average Bonchev–Trinajstić information content (AvgIpc) is 2.88. The van der Waals surface area contributed by atoms with Gasteiger partial charge in [0.2, 0.25) is 0 Å². The maximum absolute atomic E-state index is 5.66. The van der Waals surface area contributed by atoms with E-state index < -0.39 is 0 Å². The number of hydrogen-bond donors (Lipinski definition) is 1. The van der Waals surface area contributed by atoms with E-state index in [-0.39, 0.29) is 5.41 Å². The Morgan fingerprint density at radius 2 is 2.35 bits per heavy atom. The lowest BCUT2D eigenvalue weighted by atomic mass is 9.86. The van der Waals surface area contributed by atoms with Crippen molar-refractivity contribution in [3.05, 3.63) is 30.1 Å². The van der Waals surface area contributed by atoms with E-state index in [2.05, 4.69) is 35.2 Å². The standard InChI is InChI=1S/C16H27N3O/c1-3-8-17-12-16(7-10-20-14-16)13-19(2)11-15-6-4-5-9-18-15/h4-6,9,17H,3,7-8,10-14H2,1-2H3. The minimum absolute atomic E-state index is 0.263. The molecular weight excluding hydrogens is 250 g/mol. The lowest BCUT2D eigenvalue weighted by Gasteiger charge is -2.32. The van der Waals surface area contributed by atoms with E-state index in [9.17, 15) is 0 Å². The molecule has 2 heterocycles. The van der Waals surface area contributed by atoms with Gasteiger partial charge in [0.15, 0.2) is 0 Å². The highest BCUT2D eigenvalue weighted by Gasteiger charge is 2.35. The first-order valence-electron chi connectivity index (χ1n) is 7.61. The molecule has 1 fully saturated rings. The number of nitrogens with one attached hydrogen (secondary N) is 1. The maximum Gasteiger partial charge on any atom is 0.0547 e. The van der Waals surface area contributed by atoms with Gasteiger partial charge < -0.3 is 10.1 Å². The second-order valence-electron chi connectivity index (χ2n) is 5.97. The molecule has 1 unspecified atom stereocenters. The van der Waals surface area contributed by atoms with Crippen molar-refractivity contribution in [2.75, 3.05) is 39.9 Å². The molecule has 1 aliphatic heterocycles. The molecule has 0 saturated carbocycles. The molecule has 0 radical (unpaired) electrons. The predicted octanol–water partition coefficient (Wildman–Crippen LogP) is 1.92. The summed E-state index contributed by atoms with van der Waals surface area (Å²) < 4.78 is 5.66. The van der Waals surface area contributed by atoms with Crippen LogP contribution in [0, 0.1) is 5.41 Å². The number of pyridine rings is 1. The first-order valence-corrected chi connectivity index (χ1v) is 7.61. The fourth-order valence-corrected chi connectivity index (χ4v) is 2.90. The summed E-state index contributed by atoms with van der Waals surface area (Å²) >= 11 is 0. The van der Waals surface area contributed by atoms with Gasteiger partial charge in [-0.05, 0) is 38.6 Å². The van der Waals surface area contributed by atoms with Crippen LogP contribution < -0.4 is 5.32 Å². The predicted molar refractivity (Wildman–Crippen MR) is 81.6 cm³/mol. The van der Waals surface area contributed by atoms with Gasteiger partial charge in [-0.3, -0.25) is 9.88 Å². The van der Waals surface area contributed by atoms with Crippen molar-refractivity contribution >= 4 is 0 Å². The first kappa shape index (κ1) is 15.4. The summed E-state index contributed by atoms with van der Waals surface area (Å²) in [6.07, 6.45) is 4.19. The molecule has 0 aromatic carbocycles. The fraction of sp³-hybridized carbons (Fsp3) is 0.688. The molecule has 1 N–H and O–H groups in total. The molecule has 1 atom stereocenters. The largest absolute Gasteiger partial charge is 0.381 e. The second kappa shape index (κ2) is 7.72. The first-order chi connectivity index (χ1) is 9.74. The van der Waals surface area contributed by atoms with Gasteiger partial charge in [-0.2, -0.15) is 0 Å². The van der Waals surface area contributed by atoms with E-state index in [4.69, 9.17) is 4.74 Å². The van der Waals surface area contributed by atoms with Crippen LogP contribution in [-0.2, 0) is 11.3 Å². The Kier molecular flexibility index (Phi) is 5.95. The van der Waals surface area contributed by atoms with Crippen LogP contribution in [0.3, 0.4) is 0 Å². The van der Waals surface area contributed by atoms with Crippen LogP contribution in [0.25, 0.3) is 0 Å². The van der Waals surface area contributed by atoms with Crippen LogP contribution in [0.5, 0.6) is 0 Å². The van der Waals surface area contributed by atoms with E-state index in [1.54, 1.807) is 0 Å². The fourth-order valence-electron chi connectivity index (χ4n) is 2.90. The molecule has 4 nitrogen and oxygen atoms in total. The van der Waals surface area contributed by atoms with Gasteiger partial charge in [-0.25, -0.2) is 0 Å². The normalized spacial score (nSPS) is 22.6. The van der Waals surface area contributed by atoms with Gasteiger partial charge >= 0.3 is 0 Å². The number of nitrogens with zero attached hydrogens (tertiary/aromatic N) is 2. The molecule has 1 aromatic heterocycles. The van der Waals surface area contributed by atoms with Crippen LogP contribution in [0.4, 0.5) is 0 Å². The van der Waals surface area contributed by atoms with E-state index in [0.29, 0.717) is 0 Å². The molecular formula is C16H27N3O. The van der Waals surface area contributed by atoms with Gasteiger partial charge in [0.05, 0.1) is 12.3 Å². The molecule has 1 saturated heterocycles. The zero-order valence-electron chi connectivity index (χ0n) is 12.8. The van der Waals surface area contributed by atoms with Crippen LogP contribution in [-0.4, -0.2) is 49.8 Å². The average molecular weight is 277 g/mol. The Balaban J connectivity index is 1.87. The molecule has 20 heavy (non-hydrogen) atoms. The number of hydrogen-bond acceptors (Lipinski definition) is 4. The van der Waals surface area contributed by atoms with E-state index >= 15 is 0 Å².